The fourth-order valence-corrected chi connectivity index (χ4v) is 2.68. The molecule has 29 heavy (non-hydrogen) atoms. The first-order chi connectivity index (χ1) is 13.9. The Hall–Kier alpha value is -2.99. The van der Waals surface area contributed by atoms with E-state index in [1.54, 1.807) is 49.4 Å². The summed E-state index contributed by atoms with van der Waals surface area (Å²) in [5.41, 5.74) is -0.0385. The second-order valence-electron chi connectivity index (χ2n) is 6.54. The summed E-state index contributed by atoms with van der Waals surface area (Å²) < 4.78 is 22.0. The van der Waals surface area contributed by atoms with Crippen molar-refractivity contribution in [3.63, 3.8) is 0 Å². The molecule has 0 radical (unpaired) electrons. The minimum Gasteiger partial charge on any atom is -0.479 e. The van der Waals surface area contributed by atoms with Crippen LogP contribution in [-0.4, -0.2) is 18.2 Å². The molecule has 0 aliphatic heterocycles. The van der Waals surface area contributed by atoms with Crippen molar-refractivity contribution in [3.05, 3.63) is 64.0 Å². The zero-order valence-electron chi connectivity index (χ0n) is 16.3. The van der Waals surface area contributed by atoms with Gasteiger partial charge >= 0.3 is 5.97 Å². The molecule has 0 bridgehead atoms. The molecule has 6 nitrogen and oxygen atoms in total. The van der Waals surface area contributed by atoms with Gasteiger partial charge in [0, 0.05) is 6.07 Å². The summed E-state index contributed by atoms with van der Waals surface area (Å²) >= 11 is 6.07. The summed E-state index contributed by atoms with van der Waals surface area (Å²) in [4.78, 5) is 24.7. The van der Waals surface area contributed by atoms with Gasteiger partial charge in [-0.1, -0.05) is 30.7 Å². The maximum absolute atomic E-state index is 12.7. The fourth-order valence-electron chi connectivity index (χ4n) is 2.51. The number of rotatable bonds is 7. The van der Waals surface area contributed by atoms with Crippen LogP contribution in [0, 0.1) is 0 Å². The van der Waals surface area contributed by atoms with E-state index in [9.17, 15) is 9.59 Å². The average Bonchev–Trinajstić information content (AvgIpc) is 2.71. The summed E-state index contributed by atoms with van der Waals surface area (Å²) in [6, 6.07) is 11.5. The van der Waals surface area contributed by atoms with E-state index in [1.807, 2.05) is 13.8 Å². The normalized spacial score (nSPS) is 13.0. The van der Waals surface area contributed by atoms with Crippen molar-refractivity contribution in [1.29, 1.82) is 0 Å². The van der Waals surface area contributed by atoms with Gasteiger partial charge in [0.2, 0.25) is 11.2 Å². The maximum Gasteiger partial charge on any atom is 0.347 e. The Labute approximate surface area is 172 Å². The van der Waals surface area contributed by atoms with Gasteiger partial charge in [-0.15, -0.1) is 0 Å². The van der Waals surface area contributed by atoms with Crippen LogP contribution >= 0.6 is 11.6 Å². The molecule has 1 aromatic heterocycles. The quantitative estimate of drug-likeness (QED) is 0.483. The Morgan fingerprint density at radius 1 is 1.14 bits per heavy atom. The third kappa shape index (κ3) is 4.90. The molecule has 3 rings (SSSR count). The van der Waals surface area contributed by atoms with Crippen LogP contribution in [-0.2, 0) is 9.53 Å². The number of ether oxygens (including phenoxy) is 3. The van der Waals surface area contributed by atoms with Gasteiger partial charge in [-0.05, 0) is 44.5 Å². The predicted octanol–water partition coefficient (Wildman–Crippen LogP) is 5.35. The van der Waals surface area contributed by atoms with Gasteiger partial charge in [0.05, 0.1) is 16.5 Å². The van der Waals surface area contributed by atoms with E-state index in [0.29, 0.717) is 27.5 Å². The molecule has 2 aromatic carbocycles. The van der Waals surface area contributed by atoms with Crippen molar-refractivity contribution in [1.82, 2.24) is 0 Å². The fraction of sp³-hybridized carbons (Fsp3) is 0.273. The number of halogens is 1. The molecule has 0 amide bonds. The van der Waals surface area contributed by atoms with E-state index in [4.69, 9.17) is 30.2 Å². The first-order valence-electron chi connectivity index (χ1n) is 9.24. The van der Waals surface area contributed by atoms with Gasteiger partial charge in [-0.3, -0.25) is 4.79 Å². The van der Waals surface area contributed by atoms with Crippen LogP contribution in [0.3, 0.4) is 0 Å². The largest absolute Gasteiger partial charge is 0.479 e. The minimum absolute atomic E-state index is 0.0183. The second-order valence-corrected chi connectivity index (χ2v) is 6.94. The van der Waals surface area contributed by atoms with Crippen molar-refractivity contribution in [2.75, 3.05) is 0 Å². The summed E-state index contributed by atoms with van der Waals surface area (Å²) in [6.45, 7) is 5.35. The monoisotopic (exact) mass is 416 g/mol. The minimum atomic E-state index is -0.795. The van der Waals surface area contributed by atoms with Crippen LogP contribution in [0.5, 0.6) is 17.2 Å². The zero-order valence-corrected chi connectivity index (χ0v) is 17.1. The molecule has 152 valence electrons. The number of esters is 1. The lowest BCUT2D eigenvalue weighted by Crippen LogP contribution is -2.29. The van der Waals surface area contributed by atoms with E-state index in [0.717, 1.165) is 6.42 Å². The number of hydrogen-bond donors (Lipinski definition) is 0. The highest BCUT2D eigenvalue weighted by atomic mass is 35.5. The number of benzene rings is 2. The van der Waals surface area contributed by atoms with Gasteiger partial charge in [-0.2, -0.15) is 0 Å². The number of carbonyl (C=O) groups excluding carboxylic acids is 1. The van der Waals surface area contributed by atoms with E-state index < -0.39 is 12.1 Å². The first-order valence-corrected chi connectivity index (χ1v) is 9.62. The molecule has 0 N–H and O–H groups in total. The van der Waals surface area contributed by atoms with Gasteiger partial charge in [0.1, 0.15) is 23.3 Å². The maximum atomic E-state index is 12.7. The zero-order chi connectivity index (χ0) is 21.0. The van der Waals surface area contributed by atoms with Crippen molar-refractivity contribution in [2.24, 2.45) is 0 Å². The molecule has 0 aliphatic rings. The molecule has 0 saturated heterocycles. The Morgan fingerprint density at radius 2 is 1.90 bits per heavy atom. The van der Waals surface area contributed by atoms with Crippen LogP contribution in [0.25, 0.3) is 11.0 Å². The molecule has 1 heterocycles. The van der Waals surface area contributed by atoms with Crippen molar-refractivity contribution in [3.8, 4) is 17.2 Å². The molecule has 0 unspecified atom stereocenters. The van der Waals surface area contributed by atoms with E-state index in [2.05, 4.69) is 0 Å². The standard InChI is InChI=1S/C22H21ClO6/c1-4-13(2)27-22(25)14(3)28-15-9-10-16-19(11-15)26-12-20(21(16)24)29-18-8-6-5-7-17(18)23/h5-14H,4H2,1-3H3/t13-,14-/m1/s1. The molecule has 0 aliphatic carbocycles. The summed E-state index contributed by atoms with van der Waals surface area (Å²) in [6.07, 6.45) is 0.965. The van der Waals surface area contributed by atoms with E-state index in [1.165, 1.54) is 6.26 Å². The lowest BCUT2D eigenvalue weighted by Gasteiger charge is -2.17. The number of para-hydroxylation sites is 1. The van der Waals surface area contributed by atoms with Crippen molar-refractivity contribution in [2.45, 2.75) is 39.4 Å². The number of carbonyl (C=O) groups is 1. The van der Waals surface area contributed by atoms with Crippen LogP contribution in [0.15, 0.2) is 57.9 Å². The molecule has 0 fully saturated rings. The van der Waals surface area contributed by atoms with Gasteiger partial charge in [0.25, 0.3) is 0 Å². The van der Waals surface area contributed by atoms with Crippen molar-refractivity contribution < 1.29 is 23.4 Å². The Morgan fingerprint density at radius 3 is 2.62 bits per heavy atom. The number of hydrogen-bond acceptors (Lipinski definition) is 6. The van der Waals surface area contributed by atoms with Gasteiger partial charge < -0.3 is 18.6 Å². The first kappa shape index (κ1) is 20.7. The summed E-state index contributed by atoms with van der Waals surface area (Å²) in [5, 5.41) is 0.700. The summed E-state index contributed by atoms with van der Waals surface area (Å²) in [5.74, 6) is 0.303. The third-order valence-electron chi connectivity index (χ3n) is 4.31. The van der Waals surface area contributed by atoms with Crippen LogP contribution in [0.1, 0.15) is 27.2 Å². The smallest absolute Gasteiger partial charge is 0.347 e. The van der Waals surface area contributed by atoms with Gasteiger partial charge in [-0.25, -0.2) is 4.79 Å². The highest BCUT2D eigenvalue weighted by Crippen LogP contribution is 2.29. The lowest BCUT2D eigenvalue weighted by atomic mass is 10.2. The highest BCUT2D eigenvalue weighted by molar-refractivity contribution is 6.32. The Balaban J connectivity index is 1.80. The molecular weight excluding hydrogens is 396 g/mol. The molecule has 7 heteroatoms. The molecular formula is C22H21ClO6. The Bertz CT molecular complexity index is 1070. The SMILES string of the molecule is CC[C@@H](C)OC(=O)[C@@H](C)Oc1ccc2c(=O)c(Oc3ccccc3Cl)coc2c1. The van der Waals surface area contributed by atoms with Crippen LogP contribution in [0.4, 0.5) is 0 Å². The number of fused-ring (bicyclic) bond motifs is 1. The molecule has 3 aromatic rings. The van der Waals surface area contributed by atoms with Crippen LogP contribution in [0.2, 0.25) is 5.02 Å². The average molecular weight is 417 g/mol. The molecule has 0 saturated carbocycles. The lowest BCUT2D eigenvalue weighted by molar-refractivity contribution is -0.155. The predicted molar refractivity (Wildman–Crippen MR) is 110 cm³/mol. The van der Waals surface area contributed by atoms with E-state index >= 15 is 0 Å². The molecule has 2 atom stereocenters. The topological polar surface area (TPSA) is 75.0 Å². The van der Waals surface area contributed by atoms with Gasteiger partial charge in [0.15, 0.2) is 6.10 Å². The highest BCUT2D eigenvalue weighted by Gasteiger charge is 2.19. The van der Waals surface area contributed by atoms with Crippen LogP contribution < -0.4 is 14.9 Å². The Kier molecular flexibility index (Phi) is 6.44. The third-order valence-corrected chi connectivity index (χ3v) is 4.62. The van der Waals surface area contributed by atoms with Crippen molar-refractivity contribution >= 4 is 28.5 Å². The molecule has 0 spiro atoms. The summed E-state index contributed by atoms with van der Waals surface area (Å²) in [7, 11) is 0. The van der Waals surface area contributed by atoms with E-state index in [-0.39, 0.29) is 17.3 Å². The second kappa shape index (κ2) is 9.01.